The number of rotatable bonds is 3. The van der Waals surface area contributed by atoms with Gasteiger partial charge in [-0.3, -0.25) is 4.79 Å². The van der Waals surface area contributed by atoms with Crippen molar-refractivity contribution in [3.8, 4) is 0 Å². The van der Waals surface area contributed by atoms with Gasteiger partial charge in [0.15, 0.2) is 0 Å². The third kappa shape index (κ3) is 5.16. The van der Waals surface area contributed by atoms with Crippen molar-refractivity contribution >= 4 is 17.7 Å². The lowest BCUT2D eigenvalue weighted by molar-refractivity contribution is -0.156. The second kappa shape index (κ2) is 4.86. The Hall–Kier alpha value is -0.220. The monoisotopic (exact) mass is 205 g/mol. The van der Waals surface area contributed by atoms with Crippen LogP contribution in [0.4, 0.5) is 0 Å². The van der Waals surface area contributed by atoms with Gasteiger partial charge in [0.1, 0.15) is 11.6 Å². The molecule has 0 aliphatic carbocycles. The summed E-state index contributed by atoms with van der Waals surface area (Å²) in [6.45, 7) is 7.42. The molecule has 0 aliphatic rings. The van der Waals surface area contributed by atoms with E-state index in [1.165, 1.54) is 0 Å². The highest BCUT2D eigenvalue weighted by Crippen LogP contribution is 2.13. The predicted octanol–water partition coefficient (Wildman–Crippen LogP) is 1.41. The first-order valence-corrected chi connectivity index (χ1v) is 5.58. The standard InChI is InChI=1S/C9H19NO2S/c1-6(13-5)7(10)8(11)12-9(2,3)4/h6-7H,10H2,1-5H3. The molecule has 78 valence electrons. The van der Waals surface area contributed by atoms with Gasteiger partial charge in [-0.1, -0.05) is 6.92 Å². The van der Waals surface area contributed by atoms with Gasteiger partial charge in [0.25, 0.3) is 0 Å². The second-order valence-electron chi connectivity index (χ2n) is 4.00. The molecule has 0 amide bonds. The maximum Gasteiger partial charge on any atom is 0.324 e. The van der Waals surface area contributed by atoms with E-state index >= 15 is 0 Å². The smallest absolute Gasteiger partial charge is 0.324 e. The van der Waals surface area contributed by atoms with E-state index in [1.807, 2.05) is 34.0 Å². The van der Waals surface area contributed by atoms with Gasteiger partial charge in [0.05, 0.1) is 0 Å². The average Bonchev–Trinajstić information content (AvgIpc) is 1.98. The molecule has 0 saturated heterocycles. The Morgan fingerprint density at radius 1 is 1.46 bits per heavy atom. The summed E-state index contributed by atoms with van der Waals surface area (Å²) in [5.74, 6) is -0.325. The zero-order valence-electron chi connectivity index (χ0n) is 8.96. The van der Waals surface area contributed by atoms with Crippen LogP contribution in [0.5, 0.6) is 0 Å². The molecule has 0 rings (SSSR count). The van der Waals surface area contributed by atoms with Crippen molar-refractivity contribution in [1.82, 2.24) is 0 Å². The summed E-state index contributed by atoms with van der Waals surface area (Å²) in [6.07, 6.45) is 1.93. The zero-order chi connectivity index (χ0) is 10.6. The quantitative estimate of drug-likeness (QED) is 0.708. The lowest BCUT2D eigenvalue weighted by Gasteiger charge is -2.24. The number of ether oxygens (including phenoxy) is 1. The summed E-state index contributed by atoms with van der Waals surface area (Å²) in [7, 11) is 0. The number of esters is 1. The van der Waals surface area contributed by atoms with Gasteiger partial charge in [0, 0.05) is 5.25 Å². The highest BCUT2D eigenvalue weighted by molar-refractivity contribution is 7.99. The van der Waals surface area contributed by atoms with Gasteiger partial charge in [-0.2, -0.15) is 11.8 Å². The molecule has 2 N–H and O–H groups in total. The molecule has 2 atom stereocenters. The molecular formula is C9H19NO2S. The van der Waals surface area contributed by atoms with E-state index < -0.39 is 11.6 Å². The minimum Gasteiger partial charge on any atom is -0.459 e. The van der Waals surface area contributed by atoms with Gasteiger partial charge in [0.2, 0.25) is 0 Å². The largest absolute Gasteiger partial charge is 0.459 e. The van der Waals surface area contributed by atoms with Crippen molar-refractivity contribution in [3.05, 3.63) is 0 Å². The van der Waals surface area contributed by atoms with Crippen LogP contribution in [-0.4, -0.2) is 29.1 Å². The highest BCUT2D eigenvalue weighted by Gasteiger charge is 2.25. The van der Waals surface area contributed by atoms with E-state index in [2.05, 4.69) is 0 Å². The Labute approximate surface area is 84.4 Å². The average molecular weight is 205 g/mol. The molecule has 3 nitrogen and oxygen atoms in total. The van der Waals surface area contributed by atoms with E-state index in [4.69, 9.17) is 10.5 Å². The third-order valence-electron chi connectivity index (χ3n) is 1.56. The molecule has 2 unspecified atom stereocenters. The lowest BCUT2D eigenvalue weighted by atomic mass is 10.2. The molecule has 0 aromatic heterocycles. The van der Waals surface area contributed by atoms with Crippen LogP contribution in [0.1, 0.15) is 27.7 Å². The van der Waals surface area contributed by atoms with E-state index in [1.54, 1.807) is 11.8 Å². The predicted molar refractivity (Wildman–Crippen MR) is 56.8 cm³/mol. The van der Waals surface area contributed by atoms with Gasteiger partial charge in [-0.15, -0.1) is 0 Å². The van der Waals surface area contributed by atoms with Crippen molar-refractivity contribution in [3.63, 3.8) is 0 Å². The van der Waals surface area contributed by atoms with E-state index in [-0.39, 0.29) is 11.2 Å². The van der Waals surface area contributed by atoms with Crippen LogP contribution in [0.3, 0.4) is 0 Å². The van der Waals surface area contributed by atoms with Crippen molar-refractivity contribution in [2.45, 2.75) is 44.6 Å². The van der Waals surface area contributed by atoms with E-state index in [0.29, 0.717) is 0 Å². The Bertz CT molecular complexity index is 177. The molecule has 0 aromatic rings. The fourth-order valence-corrected chi connectivity index (χ4v) is 1.11. The number of carbonyl (C=O) groups is 1. The Morgan fingerprint density at radius 2 is 1.92 bits per heavy atom. The van der Waals surface area contributed by atoms with Crippen LogP contribution in [0, 0.1) is 0 Å². The van der Waals surface area contributed by atoms with Crippen molar-refractivity contribution in [2.24, 2.45) is 5.73 Å². The highest BCUT2D eigenvalue weighted by atomic mass is 32.2. The van der Waals surface area contributed by atoms with E-state index in [9.17, 15) is 4.79 Å². The molecule has 0 fully saturated rings. The summed E-state index contributed by atoms with van der Waals surface area (Å²) >= 11 is 1.56. The third-order valence-corrected chi connectivity index (χ3v) is 2.59. The maximum absolute atomic E-state index is 11.4. The molecule has 0 radical (unpaired) electrons. The van der Waals surface area contributed by atoms with Crippen LogP contribution in [0.15, 0.2) is 0 Å². The first kappa shape index (κ1) is 12.8. The summed E-state index contributed by atoms with van der Waals surface area (Å²) in [5, 5.41) is 0.0925. The summed E-state index contributed by atoms with van der Waals surface area (Å²) < 4.78 is 5.15. The van der Waals surface area contributed by atoms with Gasteiger partial charge in [-0.05, 0) is 27.0 Å². The SMILES string of the molecule is CSC(C)C(N)C(=O)OC(C)(C)C. The van der Waals surface area contributed by atoms with Crippen LogP contribution in [-0.2, 0) is 9.53 Å². The number of carbonyl (C=O) groups excluding carboxylic acids is 1. The van der Waals surface area contributed by atoms with Crippen molar-refractivity contribution in [2.75, 3.05) is 6.26 Å². The van der Waals surface area contributed by atoms with Gasteiger partial charge >= 0.3 is 5.97 Å². The first-order valence-electron chi connectivity index (χ1n) is 4.29. The molecule has 4 heteroatoms. The van der Waals surface area contributed by atoms with Crippen molar-refractivity contribution in [1.29, 1.82) is 0 Å². The van der Waals surface area contributed by atoms with Gasteiger partial charge < -0.3 is 10.5 Å². The summed E-state index contributed by atoms with van der Waals surface area (Å²) in [4.78, 5) is 11.4. The summed E-state index contributed by atoms with van der Waals surface area (Å²) in [5.41, 5.74) is 5.23. The van der Waals surface area contributed by atoms with Crippen LogP contribution >= 0.6 is 11.8 Å². The second-order valence-corrected chi connectivity index (χ2v) is 5.22. The summed E-state index contributed by atoms with van der Waals surface area (Å²) in [6, 6.07) is -0.533. The molecule has 0 heterocycles. The van der Waals surface area contributed by atoms with Gasteiger partial charge in [-0.25, -0.2) is 0 Å². The fourth-order valence-electron chi connectivity index (χ4n) is 0.708. The first-order chi connectivity index (χ1) is 5.78. The number of nitrogens with two attached hydrogens (primary N) is 1. The zero-order valence-corrected chi connectivity index (χ0v) is 9.77. The molecule has 13 heavy (non-hydrogen) atoms. The van der Waals surface area contributed by atoms with Crippen LogP contribution in [0.25, 0.3) is 0 Å². The minimum absolute atomic E-state index is 0.0925. The number of thioether (sulfide) groups is 1. The molecule has 0 aliphatic heterocycles. The molecule has 0 bridgehead atoms. The molecule has 0 aromatic carbocycles. The maximum atomic E-state index is 11.4. The van der Waals surface area contributed by atoms with Crippen LogP contribution < -0.4 is 5.73 Å². The van der Waals surface area contributed by atoms with E-state index in [0.717, 1.165) is 0 Å². The Balaban J connectivity index is 4.12. The van der Waals surface area contributed by atoms with Crippen molar-refractivity contribution < 1.29 is 9.53 Å². The topological polar surface area (TPSA) is 52.3 Å². The molecular weight excluding hydrogens is 186 g/mol. The lowest BCUT2D eigenvalue weighted by Crippen LogP contribution is -2.42. The van der Waals surface area contributed by atoms with Crippen LogP contribution in [0.2, 0.25) is 0 Å². The molecule has 0 spiro atoms. The normalized spacial score (nSPS) is 16.5. The molecule has 0 saturated carbocycles. The minimum atomic E-state index is -0.533. The number of hydrogen-bond donors (Lipinski definition) is 1. The number of hydrogen-bond acceptors (Lipinski definition) is 4. The fraction of sp³-hybridized carbons (Fsp3) is 0.889. The Morgan fingerprint density at radius 3 is 2.23 bits per heavy atom. The Kier molecular flexibility index (Phi) is 4.78.